The lowest BCUT2D eigenvalue weighted by molar-refractivity contribution is 0.223. The van der Waals surface area contributed by atoms with Gasteiger partial charge in [-0.2, -0.15) is 10.1 Å². The lowest BCUT2D eigenvalue weighted by atomic mass is 9.85. The van der Waals surface area contributed by atoms with Crippen molar-refractivity contribution in [2.45, 2.75) is 12.1 Å². The van der Waals surface area contributed by atoms with Gasteiger partial charge in [-0.25, -0.2) is 4.68 Å². The second kappa shape index (κ2) is 6.81. The summed E-state index contributed by atoms with van der Waals surface area (Å²) >= 11 is 3.54. The van der Waals surface area contributed by atoms with Crippen molar-refractivity contribution in [3.8, 4) is 5.75 Å². The molecule has 2 aromatic carbocycles. The molecule has 0 fully saturated rings. The zero-order chi connectivity index (χ0) is 20.1. The topological polar surface area (TPSA) is 64.9 Å². The Morgan fingerprint density at radius 1 is 0.933 bits per heavy atom. The molecule has 0 unspecified atom stereocenters. The number of pyridine rings is 1. The second-order valence-electron chi connectivity index (χ2n) is 7.21. The molecule has 0 amide bonds. The average molecular weight is 458 g/mol. The summed E-state index contributed by atoms with van der Waals surface area (Å²) in [5.41, 5.74) is 5.29. The summed E-state index contributed by atoms with van der Waals surface area (Å²) in [6, 6.07) is 20.3. The predicted octanol–water partition coefficient (Wildman–Crippen LogP) is 5.00. The van der Waals surface area contributed by atoms with E-state index in [2.05, 4.69) is 54.5 Å². The van der Waals surface area contributed by atoms with Gasteiger partial charge in [0.2, 0.25) is 5.95 Å². The van der Waals surface area contributed by atoms with Crippen LogP contribution in [0.25, 0.3) is 5.70 Å². The van der Waals surface area contributed by atoms with Gasteiger partial charge in [0.05, 0.1) is 5.70 Å². The molecule has 146 valence electrons. The summed E-state index contributed by atoms with van der Waals surface area (Å²) in [5, 5.41) is 8.05. The predicted molar refractivity (Wildman–Crippen MR) is 117 cm³/mol. The molecular weight excluding hydrogens is 442 g/mol. The van der Waals surface area contributed by atoms with E-state index in [1.54, 1.807) is 18.7 Å². The van der Waals surface area contributed by atoms with Crippen LogP contribution in [0.2, 0.25) is 0 Å². The Morgan fingerprint density at radius 2 is 1.73 bits per heavy atom. The lowest BCUT2D eigenvalue weighted by Crippen LogP contribution is -2.32. The fraction of sp³-hybridized carbons (Fsp3) is 0.0870. The molecule has 2 aliphatic heterocycles. The number of para-hydroxylation sites is 1. The first-order valence-electron chi connectivity index (χ1n) is 9.61. The van der Waals surface area contributed by atoms with Gasteiger partial charge in [0, 0.05) is 28.0 Å². The molecule has 4 aromatic rings. The molecule has 2 atom stereocenters. The van der Waals surface area contributed by atoms with Gasteiger partial charge in [-0.15, -0.1) is 0 Å². The summed E-state index contributed by atoms with van der Waals surface area (Å²) in [4.78, 5) is 8.64. The molecule has 30 heavy (non-hydrogen) atoms. The molecule has 0 aliphatic carbocycles. The van der Waals surface area contributed by atoms with Gasteiger partial charge < -0.3 is 10.1 Å². The summed E-state index contributed by atoms with van der Waals surface area (Å²) in [7, 11) is 0. The highest BCUT2D eigenvalue weighted by atomic mass is 79.9. The Kier molecular flexibility index (Phi) is 3.95. The first-order valence-corrected chi connectivity index (χ1v) is 10.4. The molecule has 0 saturated carbocycles. The van der Waals surface area contributed by atoms with E-state index in [-0.39, 0.29) is 12.1 Å². The minimum absolute atomic E-state index is 0.154. The number of ether oxygens (including phenoxy) is 1. The van der Waals surface area contributed by atoms with Gasteiger partial charge in [0.1, 0.15) is 24.2 Å². The molecule has 0 radical (unpaired) electrons. The number of hydrogen-bond donors (Lipinski definition) is 1. The van der Waals surface area contributed by atoms with Crippen LogP contribution in [0, 0.1) is 0 Å². The van der Waals surface area contributed by atoms with E-state index >= 15 is 0 Å². The summed E-state index contributed by atoms with van der Waals surface area (Å²) < 4.78 is 9.51. The Hall–Kier alpha value is -3.45. The van der Waals surface area contributed by atoms with Crippen LogP contribution in [-0.4, -0.2) is 19.7 Å². The number of halogens is 1. The molecule has 0 spiro atoms. The van der Waals surface area contributed by atoms with Crippen molar-refractivity contribution in [3.05, 3.63) is 106 Å². The summed E-state index contributed by atoms with van der Waals surface area (Å²) in [6.45, 7) is 0. The lowest BCUT2D eigenvalue weighted by Gasteiger charge is -2.38. The maximum absolute atomic E-state index is 6.56. The Balaban J connectivity index is 1.63. The highest BCUT2D eigenvalue weighted by Crippen LogP contribution is 2.50. The quantitative estimate of drug-likeness (QED) is 0.458. The van der Waals surface area contributed by atoms with Crippen molar-refractivity contribution in [1.29, 1.82) is 0 Å². The average Bonchev–Trinajstić information content (AvgIpc) is 3.27. The minimum atomic E-state index is -0.281. The highest BCUT2D eigenvalue weighted by molar-refractivity contribution is 9.10. The van der Waals surface area contributed by atoms with Gasteiger partial charge in [0.25, 0.3) is 0 Å². The molecule has 0 bridgehead atoms. The number of aromatic nitrogens is 4. The third-order valence-electron chi connectivity index (χ3n) is 5.52. The minimum Gasteiger partial charge on any atom is -0.480 e. The zero-order valence-electron chi connectivity index (χ0n) is 15.7. The number of nitrogens with one attached hydrogen (secondary N) is 1. The number of anilines is 1. The molecule has 4 heterocycles. The fourth-order valence-electron chi connectivity index (χ4n) is 4.20. The van der Waals surface area contributed by atoms with E-state index in [0.717, 1.165) is 38.2 Å². The van der Waals surface area contributed by atoms with Crippen molar-refractivity contribution in [1.82, 2.24) is 19.7 Å². The van der Waals surface area contributed by atoms with Gasteiger partial charge in [0.15, 0.2) is 0 Å². The van der Waals surface area contributed by atoms with Crippen molar-refractivity contribution >= 4 is 27.6 Å². The maximum atomic E-state index is 6.56. The van der Waals surface area contributed by atoms with Crippen molar-refractivity contribution in [3.63, 3.8) is 0 Å². The normalized spacial score (nSPS) is 19.2. The Bertz CT molecular complexity index is 1270. The molecule has 6 rings (SSSR count). The third-order valence-corrected chi connectivity index (χ3v) is 6.04. The van der Waals surface area contributed by atoms with Crippen LogP contribution in [0.15, 0.2) is 89.4 Å². The molecule has 2 aromatic heterocycles. The number of hydrogen-bond acceptors (Lipinski definition) is 5. The van der Waals surface area contributed by atoms with Crippen LogP contribution >= 0.6 is 15.9 Å². The van der Waals surface area contributed by atoms with Crippen LogP contribution in [0.5, 0.6) is 5.75 Å². The Labute approximate surface area is 181 Å². The Morgan fingerprint density at radius 3 is 2.57 bits per heavy atom. The largest absolute Gasteiger partial charge is 0.480 e. The van der Waals surface area contributed by atoms with Crippen LogP contribution < -0.4 is 10.1 Å². The van der Waals surface area contributed by atoms with E-state index in [4.69, 9.17) is 4.74 Å². The van der Waals surface area contributed by atoms with E-state index in [1.165, 1.54) is 0 Å². The standard InChI is InChI=1S/C23H16BrN5O/c24-16-7-5-14(6-8-16)21-19-20(28-23-26-13-27-29(21)23)17-3-1-2-4-18(17)30-22(19)15-9-11-25-12-10-15/h1-13,21-22H,(H,26,27,28)/t21-,22+/m1/s1. The molecule has 2 aliphatic rings. The number of fused-ring (bicyclic) bond motifs is 3. The van der Waals surface area contributed by atoms with Gasteiger partial charge in [-0.3, -0.25) is 4.98 Å². The summed E-state index contributed by atoms with van der Waals surface area (Å²) in [6.07, 6.45) is 4.90. The van der Waals surface area contributed by atoms with Crippen LogP contribution in [0.3, 0.4) is 0 Å². The third kappa shape index (κ3) is 2.66. The van der Waals surface area contributed by atoms with Crippen LogP contribution in [0.1, 0.15) is 28.8 Å². The molecule has 0 saturated heterocycles. The van der Waals surface area contributed by atoms with Gasteiger partial charge in [-0.1, -0.05) is 40.2 Å². The zero-order valence-corrected chi connectivity index (χ0v) is 17.3. The maximum Gasteiger partial charge on any atom is 0.226 e. The number of rotatable bonds is 2. The van der Waals surface area contributed by atoms with Crippen molar-refractivity contribution in [2.24, 2.45) is 0 Å². The van der Waals surface area contributed by atoms with Crippen molar-refractivity contribution in [2.75, 3.05) is 5.32 Å². The smallest absolute Gasteiger partial charge is 0.226 e. The number of nitrogens with zero attached hydrogens (tertiary/aromatic N) is 4. The first kappa shape index (κ1) is 17.4. The van der Waals surface area contributed by atoms with E-state index in [0.29, 0.717) is 5.95 Å². The SMILES string of the molecule is Brc1ccc([C@@H]2C3=C(Nc4ncnn42)c2ccccc2O[C@H]3c2ccncc2)cc1. The van der Waals surface area contributed by atoms with E-state index in [1.807, 2.05) is 47.1 Å². The van der Waals surface area contributed by atoms with Gasteiger partial charge >= 0.3 is 0 Å². The second-order valence-corrected chi connectivity index (χ2v) is 8.13. The fourth-order valence-corrected chi connectivity index (χ4v) is 4.46. The first-order chi connectivity index (χ1) is 14.8. The molecular formula is C23H16BrN5O. The molecule has 1 N–H and O–H groups in total. The van der Waals surface area contributed by atoms with E-state index in [9.17, 15) is 0 Å². The number of benzene rings is 2. The highest BCUT2D eigenvalue weighted by Gasteiger charge is 2.40. The summed E-state index contributed by atoms with van der Waals surface area (Å²) in [5.74, 6) is 1.56. The van der Waals surface area contributed by atoms with Gasteiger partial charge in [-0.05, 0) is 47.5 Å². The van der Waals surface area contributed by atoms with Crippen molar-refractivity contribution < 1.29 is 4.74 Å². The van der Waals surface area contributed by atoms with E-state index < -0.39 is 0 Å². The molecule has 6 nitrogen and oxygen atoms in total. The molecule has 7 heteroatoms. The monoisotopic (exact) mass is 457 g/mol. The van der Waals surface area contributed by atoms with Crippen LogP contribution in [0.4, 0.5) is 5.95 Å². The van der Waals surface area contributed by atoms with Crippen LogP contribution in [-0.2, 0) is 0 Å².